The molecule has 0 spiro atoms. The second-order valence-electron chi connectivity index (χ2n) is 3.58. The minimum Gasteiger partial charge on any atom is -0.258 e. The van der Waals surface area contributed by atoms with Crippen molar-refractivity contribution in [3.05, 3.63) is 63.2 Å². The largest absolute Gasteiger partial charge is 0.284 e. The molecular formula is C13H7ClN2O2S. The summed E-state index contributed by atoms with van der Waals surface area (Å²) in [6, 6.07) is 13.3. The van der Waals surface area contributed by atoms with Crippen molar-refractivity contribution in [3.8, 4) is 6.07 Å². The van der Waals surface area contributed by atoms with Crippen LogP contribution in [0.15, 0.2) is 52.3 Å². The zero-order valence-electron chi connectivity index (χ0n) is 9.54. The van der Waals surface area contributed by atoms with Crippen LogP contribution >= 0.6 is 23.4 Å². The van der Waals surface area contributed by atoms with Gasteiger partial charge < -0.3 is 0 Å². The molecule has 0 bridgehead atoms. The maximum absolute atomic E-state index is 11.0. The number of nitro groups is 1. The molecule has 0 aromatic heterocycles. The van der Waals surface area contributed by atoms with Gasteiger partial charge in [-0.25, -0.2) is 0 Å². The maximum Gasteiger partial charge on any atom is 0.284 e. The van der Waals surface area contributed by atoms with Crippen molar-refractivity contribution in [3.63, 3.8) is 0 Å². The zero-order valence-corrected chi connectivity index (χ0v) is 11.1. The number of halogens is 1. The average Bonchev–Trinajstić information content (AvgIpc) is 2.41. The van der Waals surface area contributed by atoms with Gasteiger partial charge in [-0.1, -0.05) is 29.4 Å². The van der Waals surface area contributed by atoms with Gasteiger partial charge >= 0.3 is 0 Å². The summed E-state index contributed by atoms with van der Waals surface area (Å²) in [4.78, 5) is 11.6. The van der Waals surface area contributed by atoms with Gasteiger partial charge in [-0.15, -0.1) is 0 Å². The monoisotopic (exact) mass is 290 g/mol. The Labute approximate surface area is 118 Å². The third-order valence-corrected chi connectivity index (χ3v) is 3.74. The lowest BCUT2D eigenvalue weighted by Gasteiger charge is -2.05. The molecule has 0 fully saturated rings. The first kappa shape index (κ1) is 13.4. The Morgan fingerprint density at radius 3 is 2.47 bits per heavy atom. The normalized spacial score (nSPS) is 9.89. The molecule has 0 radical (unpaired) electrons. The summed E-state index contributed by atoms with van der Waals surface area (Å²) in [7, 11) is 0. The fourth-order valence-electron chi connectivity index (χ4n) is 1.48. The highest BCUT2D eigenvalue weighted by atomic mass is 35.5. The predicted molar refractivity (Wildman–Crippen MR) is 73.4 cm³/mol. The van der Waals surface area contributed by atoms with Crippen LogP contribution in [0.5, 0.6) is 0 Å². The van der Waals surface area contributed by atoms with Crippen molar-refractivity contribution in [2.24, 2.45) is 0 Å². The van der Waals surface area contributed by atoms with Crippen LogP contribution < -0.4 is 0 Å². The highest BCUT2D eigenvalue weighted by Gasteiger charge is 2.18. The van der Waals surface area contributed by atoms with E-state index in [9.17, 15) is 10.1 Å². The third-order valence-electron chi connectivity index (χ3n) is 2.34. The summed E-state index contributed by atoms with van der Waals surface area (Å²) >= 11 is 6.96. The number of hydrogen-bond donors (Lipinski definition) is 0. The van der Waals surface area contributed by atoms with Gasteiger partial charge in [0, 0.05) is 16.0 Å². The van der Waals surface area contributed by atoms with Crippen LogP contribution in [-0.2, 0) is 0 Å². The maximum atomic E-state index is 11.0. The number of rotatable bonds is 3. The topological polar surface area (TPSA) is 66.9 Å². The van der Waals surface area contributed by atoms with Gasteiger partial charge in [0.15, 0.2) is 0 Å². The standard InChI is InChI=1S/C13H7ClN2O2S/c14-10-4-6-11(7-5-10)19-13-9(8-15)2-1-3-12(13)16(17)18/h1-7H. The molecule has 0 saturated carbocycles. The minimum absolute atomic E-state index is 0.0704. The lowest BCUT2D eigenvalue weighted by atomic mass is 10.2. The van der Waals surface area contributed by atoms with Gasteiger partial charge in [0.1, 0.15) is 11.0 Å². The van der Waals surface area contributed by atoms with Crippen LogP contribution in [0, 0.1) is 21.4 Å². The molecule has 4 nitrogen and oxygen atoms in total. The summed E-state index contributed by atoms with van der Waals surface area (Å²) < 4.78 is 0. The van der Waals surface area contributed by atoms with E-state index in [1.165, 1.54) is 23.9 Å². The number of nitro benzene ring substituents is 1. The first-order valence-corrected chi connectivity index (χ1v) is 6.42. The second-order valence-corrected chi connectivity index (χ2v) is 5.10. The first-order chi connectivity index (χ1) is 9.11. The van der Waals surface area contributed by atoms with Gasteiger partial charge in [-0.3, -0.25) is 10.1 Å². The lowest BCUT2D eigenvalue weighted by molar-refractivity contribution is -0.387. The van der Waals surface area contributed by atoms with E-state index in [0.29, 0.717) is 9.92 Å². The van der Waals surface area contributed by atoms with Crippen molar-refractivity contribution in [1.29, 1.82) is 5.26 Å². The van der Waals surface area contributed by atoms with Gasteiger partial charge in [0.05, 0.1) is 10.5 Å². The molecule has 0 unspecified atom stereocenters. The van der Waals surface area contributed by atoms with Crippen molar-refractivity contribution < 1.29 is 4.92 Å². The number of nitriles is 1. The molecular weight excluding hydrogens is 284 g/mol. The molecule has 2 rings (SSSR count). The molecule has 0 aliphatic heterocycles. The lowest BCUT2D eigenvalue weighted by Crippen LogP contribution is -1.93. The summed E-state index contributed by atoms with van der Waals surface area (Å²) in [6.45, 7) is 0. The van der Waals surface area contributed by atoms with Crippen LogP contribution in [0.25, 0.3) is 0 Å². The van der Waals surface area contributed by atoms with Gasteiger partial charge in [0.25, 0.3) is 5.69 Å². The van der Waals surface area contributed by atoms with E-state index in [-0.39, 0.29) is 11.3 Å². The Kier molecular flexibility index (Phi) is 4.05. The van der Waals surface area contributed by atoms with E-state index in [2.05, 4.69) is 0 Å². The van der Waals surface area contributed by atoms with Crippen molar-refractivity contribution in [1.82, 2.24) is 0 Å². The molecule has 6 heteroatoms. The average molecular weight is 291 g/mol. The Hall–Kier alpha value is -2.03. The molecule has 0 saturated heterocycles. The van der Waals surface area contributed by atoms with E-state index in [1.54, 1.807) is 30.3 Å². The highest BCUT2D eigenvalue weighted by Crippen LogP contribution is 2.37. The van der Waals surface area contributed by atoms with E-state index < -0.39 is 4.92 Å². The Morgan fingerprint density at radius 2 is 1.89 bits per heavy atom. The Balaban J connectivity index is 2.46. The van der Waals surface area contributed by atoms with Crippen molar-refractivity contribution in [2.75, 3.05) is 0 Å². The SMILES string of the molecule is N#Cc1cccc([N+](=O)[O-])c1Sc1ccc(Cl)cc1. The van der Waals surface area contributed by atoms with Crippen LogP contribution in [0.1, 0.15) is 5.56 Å². The molecule has 0 amide bonds. The molecule has 2 aromatic rings. The van der Waals surface area contributed by atoms with Crippen LogP contribution in [0.3, 0.4) is 0 Å². The number of nitrogens with zero attached hydrogens (tertiary/aromatic N) is 2. The first-order valence-electron chi connectivity index (χ1n) is 5.22. The zero-order chi connectivity index (χ0) is 13.8. The second kappa shape index (κ2) is 5.74. The number of hydrogen-bond acceptors (Lipinski definition) is 4. The van der Waals surface area contributed by atoms with Gasteiger partial charge in [-0.05, 0) is 30.3 Å². The van der Waals surface area contributed by atoms with Crippen molar-refractivity contribution in [2.45, 2.75) is 9.79 Å². The smallest absolute Gasteiger partial charge is 0.258 e. The molecule has 94 valence electrons. The van der Waals surface area contributed by atoms with E-state index in [0.717, 1.165) is 4.90 Å². The molecule has 2 aromatic carbocycles. The minimum atomic E-state index is -0.487. The molecule has 19 heavy (non-hydrogen) atoms. The Morgan fingerprint density at radius 1 is 1.21 bits per heavy atom. The third kappa shape index (κ3) is 3.05. The summed E-state index contributed by atoms with van der Waals surface area (Å²) in [5, 5.41) is 20.6. The van der Waals surface area contributed by atoms with Crippen molar-refractivity contribution >= 4 is 29.1 Å². The molecule has 0 N–H and O–H groups in total. The van der Waals surface area contributed by atoms with Gasteiger partial charge in [-0.2, -0.15) is 5.26 Å². The summed E-state index contributed by atoms with van der Waals surface area (Å²) in [6.07, 6.45) is 0. The predicted octanol–water partition coefficient (Wildman–Crippen LogP) is 4.27. The van der Waals surface area contributed by atoms with E-state index >= 15 is 0 Å². The van der Waals surface area contributed by atoms with Crippen LogP contribution in [0.2, 0.25) is 5.02 Å². The quantitative estimate of drug-likeness (QED) is 0.625. The molecule has 0 heterocycles. The fourth-order valence-corrected chi connectivity index (χ4v) is 2.59. The van der Waals surface area contributed by atoms with Crippen LogP contribution in [0.4, 0.5) is 5.69 Å². The summed E-state index contributed by atoms with van der Waals surface area (Å²) in [5.41, 5.74) is 0.216. The van der Waals surface area contributed by atoms with Crippen LogP contribution in [-0.4, -0.2) is 4.92 Å². The van der Waals surface area contributed by atoms with Gasteiger partial charge in [0.2, 0.25) is 0 Å². The summed E-state index contributed by atoms with van der Waals surface area (Å²) in [5.74, 6) is 0. The van der Waals surface area contributed by atoms with E-state index in [4.69, 9.17) is 16.9 Å². The molecule has 0 aliphatic carbocycles. The Bertz CT molecular complexity index is 665. The molecule has 0 atom stereocenters. The number of benzene rings is 2. The fraction of sp³-hybridized carbons (Fsp3) is 0. The van der Waals surface area contributed by atoms with E-state index in [1.807, 2.05) is 6.07 Å². The molecule has 0 aliphatic rings. The highest BCUT2D eigenvalue weighted by molar-refractivity contribution is 7.99.